The molecule has 1 aromatic carbocycles. The van der Waals surface area contributed by atoms with Crippen molar-refractivity contribution in [2.45, 2.75) is 179 Å². The number of carbonyl (C=O) groups is 1. The number of aliphatic carboxylic acids is 1. The van der Waals surface area contributed by atoms with Crippen LogP contribution in [0.25, 0.3) is 0 Å². The number of rotatable bonds is 12. The molecule has 6 heterocycles. The average Bonchev–Trinajstić information content (AvgIpc) is 4.00. The van der Waals surface area contributed by atoms with E-state index in [0.29, 0.717) is 19.4 Å². The van der Waals surface area contributed by atoms with Crippen LogP contribution in [0.1, 0.15) is 119 Å². The van der Waals surface area contributed by atoms with Crippen molar-refractivity contribution in [2.75, 3.05) is 27.9 Å². The summed E-state index contributed by atoms with van der Waals surface area (Å²) >= 11 is 0. The summed E-state index contributed by atoms with van der Waals surface area (Å²) in [7, 11) is 4.98. The minimum Gasteiger partial charge on any atom is -0.497 e. The SMILES string of the molecule is CC[C@@]1([C@@H]2O[C@H]([C@H]3O[C@@]4(CO[C@H](c5ccc(OC)cc5)O4)[C@H](C)C[C@@H]3C)C[C@@H]2C)CC[C@H]([C@@]2(C)CC[C@]3(C[C@H](OC)[C@@H](C)[C@@H]([C@@H](C)[C@@H](OC)[C@H](C)C(=O)O)O3)O2)O1. The van der Waals surface area contributed by atoms with Gasteiger partial charge in [-0.15, -0.1) is 0 Å². The lowest BCUT2D eigenvalue weighted by Crippen LogP contribution is -2.57. The maximum atomic E-state index is 12.0. The Morgan fingerprint density at radius 2 is 1.68 bits per heavy atom. The first-order chi connectivity index (χ1) is 27.1. The molecule has 18 atom stereocenters. The summed E-state index contributed by atoms with van der Waals surface area (Å²) in [6.07, 6.45) is 4.55. The van der Waals surface area contributed by atoms with Gasteiger partial charge >= 0.3 is 5.97 Å². The summed E-state index contributed by atoms with van der Waals surface area (Å²) in [6.45, 7) is 17.4. The monoisotopic (exact) mass is 802 g/mol. The molecule has 322 valence electrons. The number of carboxylic acids is 1. The Morgan fingerprint density at radius 1 is 0.947 bits per heavy atom. The van der Waals surface area contributed by atoms with E-state index in [-0.39, 0.29) is 66.2 Å². The third-order valence-electron chi connectivity index (χ3n) is 15.2. The fourth-order valence-electron chi connectivity index (χ4n) is 11.7. The number of benzene rings is 1. The van der Waals surface area contributed by atoms with E-state index in [1.165, 1.54) is 0 Å². The van der Waals surface area contributed by atoms with Crippen molar-refractivity contribution in [1.29, 1.82) is 0 Å². The molecule has 2 spiro atoms. The summed E-state index contributed by atoms with van der Waals surface area (Å²) in [4.78, 5) is 12.0. The average molecular weight is 803 g/mol. The second-order valence-electron chi connectivity index (χ2n) is 18.8. The van der Waals surface area contributed by atoms with Crippen molar-refractivity contribution in [3.05, 3.63) is 29.8 Å². The van der Waals surface area contributed by atoms with Gasteiger partial charge in [-0.25, -0.2) is 0 Å². The second kappa shape index (κ2) is 16.5. The Balaban J connectivity index is 1.03. The van der Waals surface area contributed by atoms with Crippen LogP contribution in [-0.4, -0.2) is 105 Å². The molecule has 0 aromatic heterocycles. The standard InChI is InChI=1S/C45H70O12/c1-12-43(39-26(3)22-33(52-39)36-25(2)21-27(4)45(55-36)24-51-41(56-45)31-13-15-32(48-9)16-14-31)18-17-35(53-43)42(8)19-20-44(57-42)23-34(49-10)28(5)38(54-44)29(6)37(50-11)30(7)40(46)47/h13-16,25-30,33-39,41H,12,17-24H2,1-11H3,(H,46,47)/t25-,26-,27+,28+,29-,30-,33-,34-,35+,36-,37+,38-,39+,41-,42+,43-,44+,45+/m0/s1. The van der Waals surface area contributed by atoms with E-state index in [9.17, 15) is 9.90 Å². The van der Waals surface area contributed by atoms with E-state index in [2.05, 4.69) is 41.5 Å². The Bertz CT molecular complexity index is 1540. The van der Waals surface area contributed by atoms with E-state index in [4.69, 9.17) is 47.4 Å². The molecule has 1 N–H and O–H groups in total. The van der Waals surface area contributed by atoms with Gasteiger partial charge in [0.15, 0.2) is 17.9 Å². The van der Waals surface area contributed by atoms with Crippen LogP contribution in [0.15, 0.2) is 24.3 Å². The molecular formula is C45H70O12. The summed E-state index contributed by atoms with van der Waals surface area (Å²) in [5, 5.41) is 9.84. The van der Waals surface area contributed by atoms with Gasteiger partial charge in [0.05, 0.1) is 67.0 Å². The van der Waals surface area contributed by atoms with Gasteiger partial charge in [0, 0.05) is 50.4 Å². The number of hydrogen-bond acceptors (Lipinski definition) is 11. The highest BCUT2D eigenvalue weighted by atomic mass is 16.8. The van der Waals surface area contributed by atoms with Crippen LogP contribution in [-0.2, 0) is 47.4 Å². The fourth-order valence-corrected chi connectivity index (χ4v) is 11.7. The molecule has 0 unspecified atom stereocenters. The first-order valence-electron chi connectivity index (χ1n) is 21.7. The van der Waals surface area contributed by atoms with Crippen LogP contribution in [0.3, 0.4) is 0 Å². The van der Waals surface area contributed by atoms with Gasteiger partial charge in [0.25, 0.3) is 0 Å². The number of hydrogen-bond donors (Lipinski definition) is 1. The molecule has 12 heteroatoms. The van der Waals surface area contributed by atoms with Gasteiger partial charge in [-0.3, -0.25) is 4.79 Å². The van der Waals surface area contributed by atoms with Crippen LogP contribution >= 0.6 is 0 Å². The fraction of sp³-hybridized carbons (Fsp3) is 0.844. The van der Waals surface area contributed by atoms with Gasteiger partial charge < -0.3 is 52.5 Å². The topological polar surface area (TPSA) is 130 Å². The zero-order chi connectivity index (χ0) is 41.1. The molecule has 0 bridgehead atoms. The number of methoxy groups -OCH3 is 3. The lowest BCUT2D eigenvalue weighted by molar-refractivity contribution is -0.337. The van der Waals surface area contributed by atoms with Gasteiger partial charge in [0.2, 0.25) is 0 Å². The largest absolute Gasteiger partial charge is 0.497 e. The van der Waals surface area contributed by atoms with E-state index in [1.807, 2.05) is 31.2 Å². The molecule has 0 amide bonds. The van der Waals surface area contributed by atoms with Crippen molar-refractivity contribution in [2.24, 2.45) is 35.5 Å². The van der Waals surface area contributed by atoms with E-state index in [1.54, 1.807) is 28.3 Å². The normalized spacial score (nSPS) is 46.4. The summed E-state index contributed by atoms with van der Waals surface area (Å²) in [6, 6.07) is 7.82. The summed E-state index contributed by atoms with van der Waals surface area (Å²) in [5.41, 5.74) is -0.0947. The van der Waals surface area contributed by atoms with Gasteiger partial charge in [0.1, 0.15) is 12.4 Å². The molecule has 6 saturated heterocycles. The third kappa shape index (κ3) is 7.82. The van der Waals surface area contributed by atoms with Crippen molar-refractivity contribution >= 4 is 5.97 Å². The molecule has 7 rings (SSSR count). The maximum Gasteiger partial charge on any atom is 0.308 e. The first kappa shape index (κ1) is 43.2. The van der Waals surface area contributed by atoms with Gasteiger partial charge in [-0.1, -0.05) is 53.7 Å². The summed E-state index contributed by atoms with van der Waals surface area (Å²) in [5.74, 6) is -1.97. The van der Waals surface area contributed by atoms with Crippen molar-refractivity contribution in [3.63, 3.8) is 0 Å². The Labute approximate surface area is 340 Å². The molecule has 6 aliphatic heterocycles. The zero-order valence-corrected chi connectivity index (χ0v) is 36.2. The van der Waals surface area contributed by atoms with E-state index >= 15 is 0 Å². The molecule has 0 radical (unpaired) electrons. The second-order valence-corrected chi connectivity index (χ2v) is 18.8. The van der Waals surface area contributed by atoms with Crippen molar-refractivity contribution in [3.8, 4) is 5.75 Å². The highest BCUT2D eigenvalue weighted by molar-refractivity contribution is 5.70. The van der Waals surface area contributed by atoms with Crippen LogP contribution in [0.4, 0.5) is 0 Å². The van der Waals surface area contributed by atoms with Crippen LogP contribution in [0, 0.1) is 35.5 Å². The quantitative estimate of drug-likeness (QED) is 0.222. The van der Waals surface area contributed by atoms with Crippen molar-refractivity contribution < 1.29 is 57.3 Å². The number of carboxylic acid groups (broad SMARTS) is 1. The molecule has 6 aliphatic rings. The Hall–Kier alpha value is -1.87. The molecule has 12 nitrogen and oxygen atoms in total. The summed E-state index contributed by atoms with van der Waals surface area (Å²) < 4.78 is 65.7. The smallest absolute Gasteiger partial charge is 0.308 e. The van der Waals surface area contributed by atoms with Crippen LogP contribution < -0.4 is 4.74 Å². The predicted molar refractivity (Wildman–Crippen MR) is 211 cm³/mol. The van der Waals surface area contributed by atoms with Gasteiger partial charge in [-0.05, 0) is 76.3 Å². The molecule has 1 aromatic rings. The Kier molecular flexibility index (Phi) is 12.5. The van der Waals surface area contributed by atoms with E-state index in [0.717, 1.165) is 49.8 Å². The lowest BCUT2D eigenvalue weighted by atomic mass is 9.78. The Morgan fingerprint density at radius 3 is 2.33 bits per heavy atom. The lowest BCUT2D eigenvalue weighted by Gasteiger charge is -2.49. The predicted octanol–water partition coefficient (Wildman–Crippen LogP) is 7.70. The third-order valence-corrected chi connectivity index (χ3v) is 15.2. The molecule has 0 saturated carbocycles. The maximum absolute atomic E-state index is 12.0. The van der Waals surface area contributed by atoms with Gasteiger partial charge in [-0.2, -0.15) is 0 Å². The van der Waals surface area contributed by atoms with Crippen LogP contribution in [0.5, 0.6) is 5.75 Å². The zero-order valence-electron chi connectivity index (χ0n) is 36.2. The molecule has 57 heavy (non-hydrogen) atoms. The first-order valence-corrected chi connectivity index (χ1v) is 21.7. The minimum atomic E-state index is -0.889. The van der Waals surface area contributed by atoms with E-state index < -0.39 is 47.1 Å². The van der Waals surface area contributed by atoms with Crippen LogP contribution in [0.2, 0.25) is 0 Å². The van der Waals surface area contributed by atoms with Crippen molar-refractivity contribution in [1.82, 2.24) is 0 Å². The number of ether oxygens (including phenoxy) is 10. The highest BCUT2D eigenvalue weighted by Crippen LogP contribution is 2.56. The molecule has 6 fully saturated rings. The minimum absolute atomic E-state index is 0.0192. The highest BCUT2D eigenvalue weighted by Gasteiger charge is 2.63. The molecular weight excluding hydrogens is 732 g/mol. The molecule has 0 aliphatic carbocycles.